The summed E-state index contributed by atoms with van der Waals surface area (Å²) in [5.41, 5.74) is 0. The fourth-order valence-electron chi connectivity index (χ4n) is 2.32. The molecule has 0 aromatic carbocycles. The molecular formula is C10H20N2O3S2. The minimum absolute atomic E-state index is 0.360. The van der Waals surface area contributed by atoms with Crippen LogP contribution in [0.1, 0.15) is 26.7 Å². The average molecular weight is 280 g/mol. The van der Waals surface area contributed by atoms with Crippen LogP contribution in [0.5, 0.6) is 0 Å². The maximum Gasteiger partial charge on any atom is 0.282 e. The molecule has 0 aliphatic carbocycles. The summed E-state index contributed by atoms with van der Waals surface area (Å²) in [7, 11) is -4.26. The fourth-order valence-corrected chi connectivity index (χ4v) is 5.61. The van der Waals surface area contributed by atoms with Crippen molar-refractivity contribution in [3.8, 4) is 0 Å². The molecule has 2 aliphatic rings. The van der Waals surface area contributed by atoms with Crippen molar-refractivity contribution in [1.82, 2.24) is 8.61 Å². The molecule has 100 valence electrons. The lowest BCUT2D eigenvalue weighted by molar-refractivity contribution is 0.340. The van der Waals surface area contributed by atoms with Gasteiger partial charge in [0, 0.05) is 42.7 Å². The van der Waals surface area contributed by atoms with Crippen LogP contribution in [-0.2, 0) is 21.0 Å². The summed E-state index contributed by atoms with van der Waals surface area (Å²) in [6.45, 7) is 5.74. The quantitative estimate of drug-likeness (QED) is 0.724. The van der Waals surface area contributed by atoms with E-state index in [9.17, 15) is 12.6 Å². The Bertz CT molecular complexity index is 413. The zero-order valence-electron chi connectivity index (χ0n) is 10.4. The third-order valence-electron chi connectivity index (χ3n) is 3.42. The number of rotatable bonds is 2. The van der Waals surface area contributed by atoms with Crippen LogP contribution in [0.15, 0.2) is 0 Å². The van der Waals surface area contributed by atoms with Crippen LogP contribution in [0.2, 0.25) is 0 Å². The average Bonchev–Trinajstić information content (AvgIpc) is 2.75. The number of hydrogen-bond donors (Lipinski definition) is 0. The third-order valence-corrected chi connectivity index (χ3v) is 7.31. The van der Waals surface area contributed by atoms with E-state index in [0.717, 1.165) is 12.8 Å². The molecule has 0 aromatic rings. The van der Waals surface area contributed by atoms with Gasteiger partial charge in [0.2, 0.25) is 0 Å². The molecule has 0 N–H and O–H groups in total. The van der Waals surface area contributed by atoms with Gasteiger partial charge in [0.1, 0.15) is 0 Å². The van der Waals surface area contributed by atoms with Crippen molar-refractivity contribution in [1.29, 1.82) is 0 Å². The monoisotopic (exact) mass is 280 g/mol. The molecule has 1 unspecified atom stereocenters. The molecule has 0 spiro atoms. The van der Waals surface area contributed by atoms with Crippen LogP contribution < -0.4 is 0 Å². The summed E-state index contributed by atoms with van der Waals surface area (Å²) < 4.78 is 39.1. The highest BCUT2D eigenvalue weighted by Crippen LogP contribution is 2.25. The van der Waals surface area contributed by atoms with Gasteiger partial charge < -0.3 is 0 Å². The van der Waals surface area contributed by atoms with E-state index in [1.54, 1.807) is 4.31 Å². The second kappa shape index (κ2) is 4.60. The van der Waals surface area contributed by atoms with Gasteiger partial charge in [-0.15, -0.1) is 0 Å². The van der Waals surface area contributed by atoms with Gasteiger partial charge in [-0.3, -0.25) is 4.21 Å². The summed E-state index contributed by atoms with van der Waals surface area (Å²) in [5, 5.41) is 0. The highest BCUT2D eigenvalue weighted by atomic mass is 32.2. The second-order valence-corrected chi connectivity index (χ2v) is 9.39. The first kappa shape index (κ1) is 13.5. The minimum Gasteiger partial charge on any atom is -0.259 e. The fraction of sp³-hybridized carbons (Fsp3) is 1.00. The normalized spacial score (nSPS) is 31.8. The van der Waals surface area contributed by atoms with E-state index in [1.165, 1.54) is 4.31 Å². The van der Waals surface area contributed by atoms with Crippen molar-refractivity contribution in [3.05, 3.63) is 0 Å². The molecule has 2 rings (SSSR count). The molecule has 2 saturated heterocycles. The SMILES string of the molecule is CC1(C)CN(S(=O)(=O)N2CCCC2)CCS1=O. The molecule has 0 radical (unpaired) electrons. The van der Waals surface area contributed by atoms with Gasteiger partial charge in [-0.05, 0) is 26.7 Å². The Morgan fingerprint density at radius 3 is 2.18 bits per heavy atom. The lowest BCUT2D eigenvalue weighted by Crippen LogP contribution is -2.55. The highest BCUT2D eigenvalue weighted by Gasteiger charge is 2.40. The summed E-state index contributed by atoms with van der Waals surface area (Å²) in [6.07, 6.45) is 1.89. The van der Waals surface area contributed by atoms with E-state index < -0.39 is 25.8 Å². The maximum atomic E-state index is 12.3. The zero-order valence-corrected chi connectivity index (χ0v) is 12.0. The Labute approximate surface area is 106 Å². The Hall–Kier alpha value is 0.0200. The zero-order chi connectivity index (χ0) is 12.7. The minimum atomic E-state index is -3.32. The molecule has 17 heavy (non-hydrogen) atoms. The summed E-state index contributed by atoms with van der Waals surface area (Å²) >= 11 is 0. The molecule has 2 heterocycles. The smallest absolute Gasteiger partial charge is 0.259 e. The number of hydrogen-bond acceptors (Lipinski definition) is 3. The topological polar surface area (TPSA) is 57.7 Å². The van der Waals surface area contributed by atoms with Crippen molar-refractivity contribution in [2.75, 3.05) is 31.9 Å². The van der Waals surface area contributed by atoms with Crippen LogP contribution in [0.4, 0.5) is 0 Å². The van der Waals surface area contributed by atoms with Crippen molar-refractivity contribution < 1.29 is 12.6 Å². The summed E-state index contributed by atoms with van der Waals surface area (Å²) in [6, 6.07) is 0. The van der Waals surface area contributed by atoms with Gasteiger partial charge in [-0.25, -0.2) is 0 Å². The van der Waals surface area contributed by atoms with Gasteiger partial charge in [0.15, 0.2) is 0 Å². The molecule has 0 bridgehead atoms. The molecule has 7 heteroatoms. The molecule has 0 aromatic heterocycles. The summed E-state index contributed by atoms with van der Waals surface area (Å²) in [4.78, 5) is 0. The molecule has 0 amide bonds. The van der Waals surface area contributed by atoms with Crippen molar-refractivity contribution in [3.63, 3.8) is 0 Å². The molecule has 2 aliphatic heterocycles. The Morgan fingerprint density at radius 1 is 1.06 bits per heavy atom. The van der Waals surface area contributed by atoms with Crippen LogP contribution >= 0.6 is 0 Å². The van der Waals surface area contributed by atoms with Crippen LogP contribution in [0, 0.1) is 0 Å². The molecular weight excluding hydrogens is 260 g/mol. The first-order valence-electron chi connectivity index (χ1n) is 5.98. The standard InChI is InChI=1S/C10H20N2O3S2/c1-10(2)9-12(7-8-16(10)13)17(14,15)11-5-3-4-6-11/h3-9H2,1-2H3. The van der Waals surface area contributed by atoms with Crippen LogP contribution in [0.3, 0.4) is 0 Å². The van der Waals surface area contributed by atoms with E-state index in [4.69, 9.17) is 0 Å². The first-order chi connectivity index (χ1) is 7.84. The maximum absolute atomic E-state index is 12.3. The van der Waals surface area contributed by atoms with Gasteiger partial charge in [0.05, 0.1) is 4.75 Å². The Balaban J connectivity index is 2.15. The van der Waals surface area contributed by atoms with Gasteiger partial charge in [-0.2, -0.15) is 17.0 Å². The lowest BCUT2D eigenvalue weighted by Gasteiger charge is -2.37. The van der Waals surface area contributed by atoms with Crippen LogP contribution in [-0.4, -0.2) is 57.9 Å². The van der Waals surface area contributed by atoms with E-state index in [-0.39, 0.29) is 0 Å². The second-order valence-electron chi connectivity index (χ2n) is 5.26. The molecule has 1 atom stereocenters. The van der Waals surface area contributed by atoms with Gasteiger partial charge >= 0.3 is 0 Å². The van der Waals surface area contributed by atoms with Gasteiger partial charge in [0.25, 0.3) is 10.2 Å². The van der Waals surface area contributed by atoms with Crippen LogP contribution in [0.25, 0.3) is 0 Å². The van der Waals surface area contributed by atoms with Crippen molar-refractivity contribution in [2.24, 2.45) is 0 Å². The highest BCUT2D eigenvalue weighted by molar-refractivity contribution is 7.88. The van der Waals surface area contributed by atoms with Crippen molar-refractivity contribution in [2.45, 2.75) is 31.4 Å². The first-order valence-corrected chi connectivity index (χ1v) is 8.69. The van der Waals surface area contributed by atoms with E-state index in [1.807, 2.05) is 13.8 Å². The van der Waals surface area contributed by atoms with Gasteiger partial charge in [-0.1, -0.05) is 0 Å². The van der Waals surface area contributed by atoms with E-state index >= 15 is 0 Å². The molecule has 2 fully saturated rings. The number of nitrogens with zero attached hydrogens (tertiary/aromatic N) is 2. The molecule has 5 nitrogen and oxygen atoms in total. The third kappa shape index (κ3) is 2.57. The largest absolute Gasteiger partial charge is 0.282 e. The van der Waals surface area contributed by atoms with E-state index in [2.05, 4.69) is 0 Å². The predicted octanol–water partition coefficient (Wildman–Crippen LogP) is 0.170. The Morgan fingerprint density at radius 2 is 1.65 bits per heavy atom. The summed E-state index contributed by atoms with van der Waals surface area (Å²) in [5.74, 6) is 0.445. The molecule has 0 saturated carbocycles. The predicted molar refractivity (Wildman–Crippen MR) is 68.4 cm³/mol. The van der Waals surface area contributed by atoms with E-state index in [0.29, 0.717) is 31.9 Å². The lowest BCUT2D eigenvalue weighted by atomic mass is 10.2. The van der Waals surface area contributed by atoms with Crippen molar-refractivity contribution >= 4 is 21.0 Å². The Kier molecular flexibility index (Phi) is 3.64.